The first kappa shape index (κ1) is 13.2. The van der Waals surface area contributed by atoms with Gasteiger partial charge in [0.15, 0.2) is 0 Å². The molecule has 1 aromatic heterocycles. The molecule has 0 spiro atoms. The molecule has 3 heterocycles. The molecule has 2 atom stereocenters. The minimum absolute atomic E-state index is 0.666. The van der Waals surface area contributed by atoms with E-state index in [0.717, 1.165) is 40.7 Å². The summed E-state index contributed by atoms with van der Waals surface area (Å²) in [5, 5.41) is 0. The van der Waals surface area contributed by atoms with Gasteiger partial charge in [-0.2, -0.15) is 0 Å². The Morgan fingerprint density at radius 3 is 2.84 bits per heavy atom. The number of nitrogens with two attached hydrogens (primary N) is 1. The van der Waals surface area contributed by atoms with E-state index in [9.17, 15) is 0 Å². The number of fused-ring (bicyclic) bond motifs is 2. The van der Waals surface area contributed by atoms with Gasteiger partial charge < -0.3 is 10.6 Å². The number of aromatic nitrogens is 1. The molecule has 2 saturated heterocycles. The van der Waals surface area contributed by atoms with Crippen molar-refractivity contribution in [2.75, 3.05) is 30.8 Å². The third kappa shape index (κ3) is 2.23. The lowest BCUT2D eigenvalue weighted by atomic mass is 10.1. The molecule has 0 aromatic carbocycles. The van der Waals surface area contributed by atoms with Crippen molar-refractivity contribution in [3.63, 3.8) is 0 Å². The molecule has 2 N–H and O–H groups in total. The van der Waals surface area contributed by atoms with Gasteiger partial charge in [-0.15, -0.1) is 0 Å². The summed E-state index contributed by atoms with van der Waals surface area (Å²) in [4.78, 5) is 9.52. The highest BCUT2D eigenvalue weighted by atomic mass is 79.9. The van der Waals surface area contributed by atoms with Crippen molar-refractivity contribution < 1.29 is 0 Å². The van der Waals surface area contributed by atoms with Gasteiger partial charge in [-0.3, -0.25) is 4.90 Å². The average molecular weight is 325 g/mol. The van der Waals surface area contributed by atoms with Crippen LogP contribution in [-0.2, 0) is 0 Å². The molecule has 2 unspecified atom stereocenters. The summed E-state index contributed by atoms with van der Waals surface area (Å²) >= 11 is 3.66. The van der Waals surface area contributed by atoms with Crippen LogP contribution in [0.1, 0.15) is 24.8 Å². The van der Waals surface area contributed by atoms with Gasteiger partial charge in [0.05, 0.1) is 16.4 Å². The molecule has 19 heavy (non-hydrogen) atoms. The summed E-state index contributed by atoms with van der Waals surface area (Å²) in [7, 11) is 2.27. The normalized spacial score (nSPS) is 27.6. The zero-order valence-corrected chi connectivity index (χ0v) is 13.2. The lowest BCUT2D eigenvalue weighted by molar-refractivity contribution is 0.254. The molecule has 2 bridgehead atoms. The van der Waals surface area contributed by atoms with E-state index in [1.54, 1.807) is 6.20 Å². The van der Waals surface area contributed by atoms with Gasteiger partial charge in [0.2, 0.25) is 0 Å². The van der Waals surface area contributed by atoms with Crippen molar-refractivity contribution in [2.24, 2.45) is 0 Å². The summed E-state index contributed by atoms with van der Waals surface area (Å²) in [6.45, 7) is 4.20. The lowest BCUT2D eigenvalue weighted by Crippen LogP contribution is -2.37. The summed E-state index contributed by atoms with van der Waals surface area (Å²) in [5.74, 6) is 1.05. The van der Waals surface area contributed by atoms with Crippen LogP contribution in [0.5, 0.6) is 0 Å². The molecule has 3 rings (SSSR count). The molecule has 0 amide bonds. The number of nitrogen functional groups attached to an aromatic ring is 1. The molecule has 5 heteroatoms. The van der Waals surface area contributed by atoms with Crippen LogP contribution >= 0.6 is 15.9 Å². The Kier molecular flexibility index (Phi) is 3.43. The number of anilines is 2. The average Bonchev–Trinajstić information content (AvgIpc) is 2.62. The van der Waals surface area contributed by atoms with Crippen LogP contribution in [0.4, 0.5) is 11.5 Å². The molecule has 2 aliphatic heterocycles. The second-order valence-electron chi connectivity index (χ2n) is 5.76. The van der Waals surface area contributed by atoms with E-state index in [1.807, 2.05) is 6.92 Å². The summed E-state index contributed by atoms with van der Waals surface area (Å²) in [6, 6.07) is 1.42. The van der Waals surface area contributed by atoms with E-state index in [4.69, 9.17) is 5.73 Å². The summed E-state index contributed by atoms with van der Waals surface area (Å²) < 4.78 is 1.05. The first-order valence-electron chi connectivity index (χ1n) is 6.95. The maximum absolute atomic E-state index is 5.91. The number of nitrogens with zero attached hydrogens (tertiary/aromatic N) is 3. The Morgan fingerprint density at radius 1 is 1.32 bits per heavy atom. The number of hydrogen-bond acceptors (Lipinski definition) is 4. The highest BCUT2D eigenvalue weighted by Crippen LogP contribution is 2.35. The van der Waals surface area contributed by atoms with Crippen molar-refractivity contribution in [2.45, 2.75) is 38.3 Å². The lowest BCUT2D eigenvalue weighted by Gasteiger charge is -2.28. The van der Waals surface area contributed by atoms with Gasteiger partial charge in [0.1, 0.15) is 5.82 Å². The molecule has 2 aliphatic rings. The number of rotatable bonds is 1. The Hall–Kier alpha value is -0.810. The Morgan fingerprint density at radius 2 is 2.05 bits per heavy atom. The van der Waals surface area contributed by atoms with Gasteiger partial charge >= 0.3 is 0 Å². The Bertz CT molecular complexity index is 491. The smallest absolute Gasteiger partial charge is 0.143 e. The van der Waals surface area contributed by atoms with Gasteiger partial charge in [-0.25, -0.2) is 4.98 Å². The molecular formula is C14H21BrN4. The van der Waals surface area contributed by atoms with E-state index in [0.29, 0.717) is 6.04 Å². The molecule has 0 aliphatic carbocycles. The standard InChI is InChI=1S/C14H21BrN4/c1-9-12(16)7-17-14(13(9)15)19-6-5-10-3-4-11(8-19)18(10)2/h7,10-11H,3-6,8,16H2,1-2H3. The number of likely N-dealkylation sites (N-methyl/N-ethyl adjacent to an activating group) is 1. The van der Waals surface area contributed by atoms with Crippen LogP contribution in [0.2, 0.25) is 0 Å². The maximum Gasteiger partial charge on any atom is 0.143 e. The monoisotopic (exact) mass is 324 g/mol. The summed E-state index contributed by atoms with van der Waals surface area (Å²) in [5.41, 5.74) is 7.76. The predicted octanol–water partition coefficient (Wildman–Crippen LogP) is 2.41. The summed E-state index contributed by atoms with van der Waals surface area (Å²) in [6.07, 6.45) is 5.67. The van der Waals surface area contributed by atoms with Crippen LogP contribution < -0.4 is 10.6 Å². The molecular weight excluding hydrogens is 304 g/mol. The fourth-order valence-corrected chi connectivity index (χ4v) is 3.88. The van der Waals surface area contributed by atoms with Crippen molar-refractivity contribution in [3.8, 4) is 0 Å². The topological polar surface area (TPSA) is 45.4 Å². The first-order chi connectivity index (χ1) is 9.08. The Labute approximate surface area is 123 Å². The Balaban J connectivity index is 1.89. The molecule has 0 radical (unpaired) electrons. The van der Waals surface area contributed by atoms with Gasteiger partial charge in [0, 0.05) is 25.2 Å². The van der Waals surface area contributed by atoms with E-state index >= 15 is 0 Å². The predicted molar refractivity (Wildman–Crippen MR) is 82.5 cm³/mol. The van der Waals surface area contributed by atoms with Gasteiger partial charge in [-0.1, -0.05) is 0 Å². The largest absolute Gasteiger partial charge is 0.397 e. The fraction of sp³-hybridized carbons (Fsp3) is 0.643. The van der Waals surface area contributed by atoms with Crippen LogP contribution in [-0.4, -0.2) is 42.1 Å². The first-order valence-corrected chi connectivity index (χ1v) is 7.74. The third-order valence-electron chi connectivity index (χ3n) is 4.73. The van der Waals surface area contributed by atoms with Crippen LogP contribution in [0.3, 0.4) is 0 Å². The van der Waals surface area contributed by atoms with E-state index in [-0.39, 0.29) is 0 Å². The van der Waals surface area contributed by atoms with Crippen LogP contribution in [0.25, 0.3) is 0 Å². The zero-order valence-electron chi connectivity index (χ0n) is 11.6. The second kappa shape index (κ2) is 4.94. The number of pyridine rings is 1. The van der Waals surface area contributed by atoms with Crippen molar-refractivity contribution >= 4 is 27.4 Å². The minimum atomic E-state index is 0.666. The molecule has 4 nitrogen and oxygen atoms in total. The maximum atomic E-state index is 5.91. The third-order valence-corrected chi connectivity index (χ3v) is 5.68. The van der Waals surface area contributed by atoms with E-state index in [1.165, 1.54) is 19.3 Å². The molecule has 1 aromatic rings. The van der Waals surface area contributed by atoms with E-state index in [2.05, 4.69) is 37.8 Å². The quantitative estimate of drug-likeness (QED) is 0.861. The van der Waals surface area contributed by atoms with Crippen molar-refractivity contribution in [1.82, 2.24) is 9.88 Å². The van der Waals surface area contributed by atoms with Crippen molar-refractivity contribution in [3.05, 3.63) is 16.2 Å². The highest BCUT2D eigenvalue weighted by molar-refractivity contribution is 9.10. The highest BCUT2D eigenvalue weighted by Gasteiger charge is 2.35. The van der Waals surface area contributed by atoms with Gasteiger partial charge in [0.25, 0.3) is 0 Å². The van der Waals surface area contributed by atoms with Crippen LogP contribution in [0, 0.1) is 6.92 Å². The fourth-order valence-electron chi connectivity index (χ4n) is 3.30. The minimum Gasteiger partial charge on any atom is -0.397 e. The molecule has 2 fully saturated rings. The second-order valence-corrected chi connectivity index (χ2v) is 6.55. The number of halogens is 1. The molecule has 104 valence electrons. The van der Waals surface area contributed by atoms with Crippen LogP contribution in [0.15, 0.2) is 10.7 Å². The molecule has 0 saturated carbocycles. The number of hydrogen-bond donors (Lipinski definition) is 1. The van der Waals surface area contributed by atoms with Gasteiger partial charge in [-0.05, 0) is 54.7 Å². The van der Waals surface area contributed by atoms with E-state index < -0.39 is 0 Å². The zero-order chi connectivity index (χ0) is 13.6. The SMILES string of the molecule is Cc1c(N)cnc(N2CCC3CCC(C2)N3C)c1Br. The van der Waals surface area contributed by atoms with Crippen molar-refractivity contribution in [1.29, 1.82) is 0 Å².